The van der Waals surface area contributed by atoms with E-state index in [1.54, 1.807) is 6.20 Å². The molecule has 0 aliphatic rings. The van der Waals surface area contributed by atoms with Crippen molar-refractivity contribution in [2.45, 2.75) is 20.3 Å². The SMILES string of the molecule is CC(C)CCNc1cnn(-c2ccccc2)c(=O)c1Cl. The minimum Gasteiger partial charge on any atom is -0.382 e. The van der Waals surface area contributed by atoms with Crippen molar-refractivity contribution < 1.29 is 0 Å². The molecule has 5 heteroatoms. The van der Waals surface area contributed by atoms with Crippen LogP contribution in [-0.2, 0) is 0 Å². The van der Waals surface area contributed by atoms with E-state index in [-0.39, 0.29) is 10.6 Å². The summed E-state index contributed by atoms with van der Waals surface area (Å²) in [4.78, 5) is 12.2. The van der Waals surface area contributed by atoms with Crippen LogP contribution in [0.3, 0.4) is 0 Å². The Morgan fingerprint density at radius 3 is 2.65 bits per heavy atom. The predicted molar refractivity (Wildman–Crippen MR) is 82.8 cm³/mol. The molecule has 0 bridgehead atoms. The van der Waals surface area contributed by atoms with Crippen LogP contribution in [-0.4, -0.2) is 16.3 Å². The van der Waals surface area contributed by atoms with Gasteiger partial charge in [0.1, 0.15) is 5.02 Å². The molecule has 1 N–H and O–H groups in total. The van der Waals surface area contributed by atoms with Crippen molar-refractivity contribution in [3.63, 3.8) is 0 Å². The molecule has 0 saturated carbocycles. The summed E-state index contributed by atoms with van der Waals surface area (Å²) in [5.41, 5.74) is 0.977. The second-order valence-electron chi connectivity index (χ2n) is 5.03. The molecule has 1 heterocycles. The summed E-state index contributed by atoms with van der Waals surface area (Å²) in [6, 6.07) is 9.23. The number of para-hydroxylation sites is 1. The molecule has 106 valence electrons. The van der Waals surface area contributed by atoms with Crippen LogP contribution >= 0.6 is 11.6 Å². The largest absolute Gasteiger partial charge is 0.382 e. The summed E-state index contributed by atoms with van der Waals surface area (Å²) in [6.07, 6.45) is 2.61. The van der Waals surface area contributed by atoms with Crippen LogP contribution in [0.4, 0.5) is 5.69 Å². The van der Waals surface area contributed by atoms with E-state index in [0.29, 0.717) is 17.3 Å². The Morgan fingerprint density at radius 1 is 1.30 bits per heavy atom. The fourth-order valence-electron chi connectivity index (χ4n) is 1.80. The number of benzene rings is 1. The Bertz CT molecular complexity index is 623. The van der Waals surface area contributed by atoms with Gasteiger partial charge in [0, 0.05) is 6.54 Å². The van der Waals surface area contributed by atoms with Crippen LogP contribution in [0.15, 0.2) is 41.3 Å². The molecule has 0 saturated heterocycles. The zero-order valence-electron chi connectivity index (χ0n) is 11.6. The highest BCUT2D eigenvalue weighted by Crippen LogP contribution is 2.17. The van der Waals surface area contributed by atoms with Crippen LogP contribution in [0, 0.1) is 5.92 Å². The van der Waals surface area contributed by atoms with Crippen LogP contribution in [0.2, 0.25) is 5.02 Å². The minimum atomic E-state index is -0.313. The first-order chi connectivity index (χ1) is 9.59. The molecule has 20 heavy (non-hydrogen) atoms. The van der Waals surface area contributed by atoms with E-state index < -0.39 is 0 Å². The van der Waals surface area contributed by atoms with Gasteiger partial charge in [0.2, 0.25) is 0 Å². The van der Waals surface area contributed by atoms with Crippen LogP contribution in [0.5, 0.6) is 0 Å². The van der Waals surface area contributed by atoms with Crippen molar-refractivity contribution in [1.29, 1.82) is 0 Å². The van der Waals surface area contributed by atoms with E-state index in [2.05, 4.69) is 24.3 Å². The Morgan fingerprint density at radius 2 is 2.00 bits per heavy atom. The highest BCUT2D eigenvalue weighted by atomic mass is 35.5. The number of halogens is 1. The van der Waals surface area contributed by atoms with Crippen molar-refractivity contribution in [3.8, 4) is 5.69 Å². The summed E-state index contributed by atoms with van der Waals surface area (Å²) in [5, 5.41) is 7.49. The zero-order valence-corrected chi connectivity index (χ0v) is 12.4. The lowest BCUT2D eigenvalue weighted by molar-refractivity contribution is 0.607. The topological polar surface area (TPSA) is 46.9 Å². The summed E-state index contributed by atoms with van der Waals surface area (Å²) < 4.78 is 1.30. The van der Waals surface area contributed by atoms with Crippen molar-refractivity contribution in [2.24, 2.45) is 5.92 Å². The second-order valence-corrected chi connectivity index (χ2v) is 5.41. The number of hydrogen-bond donors (Lipinski definition) is 1. The minimum absolute atomic E-state index is 0.174. The molecular formula is C15H18ClN3O. The molecule has 0 fully saturated rings. The molecule has 0 spiro atoms. The maximum atomic E-state index is 12.2. The number of rotatable bonds is 5. The fraction of sp³-hybridized carbons (Fsp3) is 0.333. The van der Waals surface area contributed by atoms with Gasteiger partial charge in [-0.25, -0.2) is 0 Å². The van der Waals surface area contributed by atoms with Crippen LogP contribution in [0.1, 0.15) is 20.3 Å². The Kier molecular flexibility index (Phi) is 4.79. The van der Waals surface area contributed by atoms with Gasteiger partial charge in [-0.2, -0.15) is 9.78 Å². The van der Waals surface area contributed by atoms with Gasteiger partial charge in [-0.15, -0.1) is 0 Å². The average molecular weight is 292 g/mol. The molecule has 0 amide bonds. The monoisotopic (exact) mass is 291 g/mol. The number of nitrogens with zero attached hydrogens (tertiary/aromatic N) is 2. The average Bonchev–Trinajstić information content (AvgIpc) is 2.44. The maximum absolute atomic E-state index is 12.2. The summed E-state index contributed by atoms with van der Waals surface area (Å²) in [7, 11) is 0. The zero-order chi connectivity index (χ0) is 14.5. The highest BCUT2D eigenvalue weighted by molar-refractivity contribution is 6.32. The van der Waals surface area contributed by atoms with Crippen LogP contribution in [0.25, 0.3) is 5.69 Å². The third-order valence-electron chi connectivity index (χ3n) is 2.96. The van der Waals surface area contributed by atoms with E-state index in [0.717, 1.165) is 13.0 Å². The second kappa shape index (κ2) is 6.57. The first kappa shape index (κ1) is 14.6. The molecule has 1 aromatic carbocycles. The molecule has 4 nitrogen and oxygen atoms in total. The number of hydrogen-bond acceptors (Lipinski definition) is 3. The molecule has 0 radical (unpaired) electrons. The molecule has 1 aromatic heterocycles. The fourth-order valence-corrected chi connectivity index (χ4v) is 2.00. The maximum Gasteiger partial charge on any atom is 0.292 e. The third-order valence-corrected chi connectivity index (χ3v) is 3.32. The molecule has 2 rings (SSSR count). The van der Waals surface area contributed by atoms with Gasteiger partial charge in [0.25, 0.3) is 5.56 Å². The molecule has 0 unspecified atom stereocenters. The highest BCUT2D eigenvalue weighted by Gasteiger charge is 2.10. The lowest BCUT2D eigenvalue weighted by Crippen LogP contribution is -2.23. The van der Waals surface area contributed by atoms with Gasteiger partial charge >= 0.3 is 0 Å². The summed E-state index contributed by atoms with van der Waals surface area (Å²) in [5.74, 6) is 0.596. The normalized spacial score (nSPS) is 10.8. The summed E-state index contributed by atoms with van der Waals surface area (Å²) in [6.45, 7) is 5.07. The van der Waals surface area contributed by atoms with E-state index in [4.69, 9.17) is 11.6 Å². The molecule has 2 aromatic rings. The van der Waals surface area contributed by atoms with Gasteiger partial charge < -0.3 is 5.32 Å². The number of anilines is 1. The standard InChI is InChI=1S/C15H18ClN3O/c1-11(2)8-9-17-13-10-18-19(15(20)14(13)16)12-6-4-3-5-7-12/h3-7,10-11,17H,8-9H2,1-2H3. The lowest BCUT2D eigenvalue weighted by Gasteiger charge is -2.11. The van der Waals surface area contributed by atoms with Crippen molar-refractivity contribution >= 4 is 17.3 Å². The Hall–Kier alpha value is -1.81. The van der Waals surface area contributed by atoms with E-state index in [9.17, 15) is 4.79 Å². The predicted octanol–water partition coefficient (Wildman–Crippen LogP) is 3.34. The Balaban J connectivity index is 2.24. The van der Waals surface area contributed by atoms with Gasteiger partial charge in [-0.1, -0.05) is 43.6 Å². The first-order valence-corrected chi connectivity index (χ1v) is 7.04. The van der Waals surface area contributed by atoms with E-state index in [1.165, 1.54) is 4.68 Å². The smallest absolute Gasteiger partial charge is 0.292 e. The van der Waals surface area contributed by atoms with Gasteiger partial charge in [-0.3, -0.25) is 4.79 Å². The molecular weight excluding hydrogens is 274 g/mol. The van der Waals surface area contributed by atoms with Crippen molar-refractivity contribution in [2.75, 3.05) is 11.9 Å². The molecule has 0 aliphatic heterocycles. The van der Waals surface area contributed by atoms with Crippen molar-refractivity contribution in [1.82, 2.24) is 9.78 Å². The number of nitrogens with one attached hydrogen (secondary N) is 1. The van der Waals surface area contributed by atoms with Gasteiger partial charge in [0.05, 0.1) is 17.6 Å². The summed E-state index contributed by atoms with van der Waals surface area (Å²) >= 11 is 6.13. The van der Waals surface area contributed by atoms with E-state index in [1.807, 2.05) is 30.3 Å². The van der Waals surface area contributed by atoms with E-state index >= 15 is 0 Å². The Labute approximate surface area is 123 Å². The molecule has 0 atom stereocenters. The number of aromatic nitrogens is 2. The first-order valence-electron chi connectivity index (χ1n) is 6.66. The quantitative estimate of drug-likeness (QED) is 0.919. The van der Waals surface area contributed by atoms with Crippen molar-refractivity contribution in [3.05, 3.63) is 51.9 Å². The van der Waals surface area contributed by atoms with Gasteiger partial charge in [0.15, 0.2) is 0 Å². The molecule has 0 aliphatic carbocycles. The van der Waals surface area contributed by atoms with Gasteiger partial charge in [-0.05, 0) is 24.5 Å². The van der Waals surface area contributed by atoms with Crippen LogP contribution < -0.4 is 10.9 Å². The third kappa shape index (κ3) is 3.39. The lowest BCUT2D eigenvalue weighted by atomic mass is 10.1.